The van der Waals surface area contributed by atoms with Gasteiger partial charge in [0.1, 0.15) is 0 Å². The predicted octanol–water partition coefficient (Wildman–Crippen LogP) is 4.37. The van der Waals surface area contributed by atoms with E-state index in [2.05, 4.69) is 26.1 Å². The average molecular weight is 396 g/mol. The minimum absolute atomic E-state index is 0.631. The number of nitrogens with zero attached hydrogens (tertiary/aromatic N) is 3. The van der Waals surface area contributed by atoms with Crippen LogP contribution < -0.4 is 5.84 Å². The van der Waals surface area contributed by atoms with Crippen LogP contribution in [0.5, 0.6) is 0 Å². The fraction of sp³-hybridized carbons (Fsp3) is 0.0667. The van der Waals surface area contributed by atoms with Crippen molar-refractivity contribution in [3.63, 3.8) is 0 Å². The van der Waals surface area contributed by atoms with Gasteiger partial charge in [0.05, 0.1) is 0 Å². The number of aromatic nitrogens is 3. The molecule has 2 N–H and O–H groups in total. The van der Waals surface area contributed by atoms with E-state index in [0.29, 0.717) is 11.0 Å². The molecule has 0 aliphatic heterocycles. The summed E-state index contributed by atoms with van der Waals surface area (Å²) >= 11 is 10.9. The van der Waals surface area contributed by atoms with Gasteiger partial charge in [-0.25, -0.2) is 4.68 Å². The molecule has 2 aromatic carbocycles. The van der Waals surface area contributed by atoms with Gasteiger partial charge in [0.2, 0.25) is 5.16 Å². The largest absolute Gasteiger partial charge is 0.335 e. The number of nitrogens with two attached hydrogens (primary N) is 1. The molecule has 4 nitrogen and oxygen atoms in total. The molecule has 0 saturated carbocycles. The molecule has 1 heterocycles. The summed E-state index contributed by atoms with van der Waals surface area (Å²) in [5, 5.41) is 9.76. The van der Waals surface area contributed by atoms with Crippen molar-refractivity contribution in [2.75, 3.05) is 5.84 Å². The number of hydrogen-bond donors (Lipinski definition) is 1. The summed E-state index contributed by atoms with van der Waals surface area (Å²) in [5.74, 6) is 7.50. The summed E-state index contributed by atoms with van der Waals surface area (Å²) in [4.78, 5) is 0. The van der Waals surface area contributed by atoms with Crippen LogP contribution in [0.2, 0.25) is 5.02 Å². The summed E-state index contributed by atoms with van der Waals surface area (Å²) in [7, 11) is 0. The molecule has 1 aromatic heterocycles. The van der Waals surface area contributed by atoms with Gasteiger partial charge in [-0.2, -0.15) is 0 Å². The Morgan fingerprint density at radius 2 is 1.82 bits per heavy atom. The molecule has 3 aromatic rings. The Labute approximate surface area is 145 Å². The van der Waals surface area contributed by atoms with E-state index >= 15 is 0 Å². The minimum Gasteiger partial charge on any atom is -0.335 e. The van der Waals surface area contributed by atoms with Crippen molar-refractivity contribution in [2.45, 2.75) is 10.9 Å². The Bertz CT molecular complexity index is 788. The van der Waals surface area contributed by atoms with Crippen molar-refractivity contribution in [3.05, 3.63) is 63.6 Å². The van der Waals surface area contributed by atoms with E-state index in [9.17, 15) is 0 Å². The summed E-state index contributed by atoms with van der Waals surface area (Å²) < 4.78 is 2.45. The highest BCUT2D eigenvalue weighted by Crippen LogP contribution is 2.29. The first-order chi connectivity index (χ1) is 10.6. The quantitative estimate of drug-likeness (QED) is 0.526. The normalized spacial score (nSPS) is 10.8. The molecule has 0 amide bonds. The van der Waals surface area contributed by atoms with Crippen LogP contribution >= 0.6 is 39.3 Å². The van der Waals surface area contributed by atoms with Crippen LogP contribution in [0.4, 0.5) is 0 Å². The third-order valence-electron chi connectivity index (χ3n) is 3.06. The zero-order chi connectivity index (χ0) is 15.5. The molecule has 3 rings (SSSR count). The summed E-state index contributed by atoms with van der Waals surface area (Å²) in [6.45, 7) is 0. The van der Waals surface area contributed by atoms with Crippen molar-refractivity contribution < 1.29 is 0 Å². The summed E-state index contributed by atoms with van der Waals surface area (Å²) in [5.41, 5.74) is 2.07. The second-order valence-corrected chi connectivity index (χ2v) is 6.80. The molecule has 0 bridgehead atoms. The Kier molecular flexibility index (Phi) is 4.71. The highest BCUT2D eigenvalue weighted by atomic mass is 79.9. The third kappa shape index (κ3) is 3.29. The van der Waals surface area contributed by atoms with Gasteiger partial charge in [0.25, 0.3) is 0 Å². The van der Waals surface area contributed by atoms with E-state index in [0.717, 1.165) is 26.4 Å². The SMILES string of the molecule is Nn1c(SCc2ccc(Cl)cc2)nnc1-c1ccccc1Br. The first-order valence-electron chi connectivity index (χ1n) is 6.48. The Morgan fingerprint density at radius 1 is 1.09 bits per heavy atom. The zero-order valence-electron chi connectivity index (χ0n) is 11.4. The van der Waals surface area contributed by atoms with Gasteiger partial charge in [-0.3, -0.25) is 0 Å². The molecule has 22 heavy (non-hydrogen) atoms. The molecule has 112 valence electrons. The molecule has 0 unspecified atom stereocenters. The van der Waals surface area contributed by atoms with E-state index in [-0.39, 0.29) is 0 Å². The lowest BCUT2D eigenvalue weighted by atomic mass is 10.2. The second kappa shape index (κ2) is 6.73. The Hall–Kier alpha value is -1.50. The van der Waals surface area contributed by atoms with Gasteiger partial charge in [0, 0.05) is 20.8 Å². The van der Waals surface area contributed by atoms with E-state index in [1.165, 1.54) is 16.4 Å². The van der Waals surface area contributed by atoms with Crippen LogP contribution in [0.15, 0.2) is 58.2 Å². The van der Waals surface area contributed by atoms with Crippen molar-refractivity contribution >= 4 is 39.3 Å². The fourth-order valence-corrected chi connectivity index (χ4v) is 3.33. The molecule has 0 atom stereocenters. The van der Waals surface area contributed by atoms with Crippen molar-refractivity contribution in [2.24, 2.45) is 0 Å². The number of nitrogen functional groups attached to an aromatic ring is 1. The lowest BCUT2D eigenvalue weighted by molar-refractivity contribution is 0.849. The Balaban J connectivity index is 1.79. The maximum atomic E-state index is 6.12. The predicted molar refractivity (Wildman–Crippen MR) is 94.3 cm³/mol. The number of benzene rings is 2. The highest BCUT2D eigenvalue weighted by molar-refractivity contribution is 9.10. The van der Waals surface area contributed by atoms with E-state index in [1.807, 2.05) is 48.5 Å². The standard InChI is InChI=1S/C15H12BrClN4S/c16-13-4-2-1-3-12(13)14-19-20-15(21(14)18)22-9-10-5-7-11(17)8-6-10/h1-8H,9,18H2. The van der Waals surface area contributed by atoms with Crippen LogP contribution in [-0.2, 0) is 5.75 Å². The first-order valence-corrected chi connectivity index (χ1v) is 8.63. The lowest BCUT2D eigenvalue weighted by Crippen LogP contribution is -2.11. The molecular formula is C15H12BrClN4S. The fourth-order valence-electron chi connectivity index (χ4n) is 1.93. The van der Waals surface area contributed by atoms with Crippen LogP contribution in [0.1, 0.15) is 5.56 Å². The molecule has 0 saturated heterocycles. The van der Waals surface area contributed by atoms with E-state index in [1.54, 1.807) is 0 Å². The molecule has 0 aliphatic rings. The molecular weight excluding hydrogens is 384 g/mol. The number of halogens is 2. The average Bonchev–Trinajstić information content (AvgIpc) is 2.88. The van der Waals surface area contributed by atoms with Crippen LogP contribution in [-0.4, -0.2) is 14.9 Å². The molecule has 0 spiro atoms. The van der Waals surface area contributed by atoms with Crippen LogP contribution in [0.3, 0.4) is 0 Å². The van der Waals surface area contributed by atoms with Gasteiger partial charge >= 0.3 is 0 Å². The molecule has 0 radical (unpaired) electrons. The monoisotopic (exact) mass is 394 g/mol. The number of rotatable bonds is 4. The van der Waals surface area contributed by atoms with Gasteiger partial charge in [-0.1, -0.05) is 63.6 Å². The molecule has 0 aliphatic carbocycles. The number of hydrogen-bond acceptors (Lipinski definition) is 4. The molecule has 7 heteroatoms. The maximum absolute atomic E-state index is 6.12. The zero-order valence-corrected chi connectivity index (χ0v) is 14.6. The van der Waals surface area contributed by atoms with Crippen molar-refractivity contribution in [1.82, 2.24) is 14.9 Å². The van der Waals surface area contributed by atoms with Crippen molar-refractivity contribution in [1.29, 1.82) is 0 Å². The van der Waals surface area contributed by atoms with Crippen molar-refractivity contribution in [3.8, 4) is 11.4 Å². The van der Waals surface area contributed by atoms with E-state index < -0.39 is 0 Å². The number of thioether (sulfide) groups is 1. The Morgan fingerprint density at radius 3 is 2.55 bits per heavy atom. The lowest BCUT2D eigenvalue weighted by Gasteiger charge is -2.05. The van der Waals surface area contributed by atoms with Crippen LogP contribution in [0, 0.1) is 0 Å². The van der Waals surface area contributed by atoms with Crippen LogP contribution in [0.25, 0.3) is 11.4 Å². The maximum Gasteiger partial charge on any atom is 0.210 e. The highest BCUT2D eigenvalue weighted by Gasteiger charge is 2.14. The second-order valence-electron chi connectivity index (χ2n) is 4.57. The van der Waals surface area contributed by atoms with Gasteiger partial charge < -0.3 is 5.84 Å². The summed E-state index contributed by atoms with van der Waals surface area (Å²) in [6.07, 6.45) is 0. The minimum atomic E-state index is 0.631. The van der Waals surface area contributed by atoms with Gasteiger partial charge in [0.15, 0.2) is 5.82 Å². The topological polar surface area (TPSA) is 56.7 Å². The molecule has 0 fully saturated rings. The smallest absolute Gasteiger partial charge is 0.210 e. The summed E-state index contributed by atoms with van der Waals surface area (Å²) in [6, 6.07) is 15.5. The van der Waals surface area contributed by atoms with Gasteiger partial charge in [-0.05, 0) is 29.8 Å². The third-order valence-corrected chi connectivity index (χ3v) is 5.02. The first kappa shape index (κ1) is 15.4. The van der Waals surface area contributed by atoms with Gasteiger partial charge in [-0.15, -0.1) is 10.2 Å². The van der Waals surface area contributed by atoms with E-state index in [4.69, 9.17) is 17.4 Å².